The number of hydrogen-bond acceptors (Lipinski definition) is 4. The van der Waals surface area contributed by atoms with Gasteiger partial charge in [0.1, 0.15) is 0 Å². The van der Waals surface area contributed by atoms with Crippen molar-refractivity contribution >= 4 is 74.6 Å². The molecule has 2 aromatic heterocycles. The average Bonchev–Trinajstić information content (AvgIpc) is 3.52. The highest BCUT2D eigenvalue weighted by Gasteiger charge is 2.20. The van der Waals surface area contributed by atoms with Crippen LogP contribution in [0.4, 0.5) is 0 Å². The molecule has 218 valence electrons. The molecule has 0 saturated carbocycles. The van der Waals surface area contributed by atoms with Crippen LogP contribution in [0.25, 0.3) is 97.4 Å². The van der Waals surface area contributed by atoms with Gasteiger partial charge in [-0.2, -0.15) is 0 Å². The Morgan fingerprint density at radius 3 is 1.60 bits per heavy atom. The van der Waals surface area contributed by atoms with E-state index in [1.807, 2.05) is 29.5 Å². The lowest BCUT2D eigenvalue weighted by Gasteiger charge is -2.14. The molecule has 0 atom stereocenters. The highest BCUT2D eigenvalue weighted by atomic mass is 32.1. The number of fused-ring (bicyclic) bond motifs is 10. The van der Waals surface area contributed by atoms with E-state index in [9.17, 15) is 0 Å². The Morgan fingerprint density at radius 1 is 0.340 bits per heavy atom. The first-order valence-electron chi connectivity index (χ1n) is 15.8. The molecule has 0 aliphatic carbocycles. The first-order chi connectivity index (χ1) is 23.3. The summed E-state index contributed by atoms with van der Waals surface area (Å²) in [5, 5.41) is 12.1. The summed E-state index contributed by atoms with van der Waals surface area (Å²) >= 11 is 1.82. The summed E-state index contributed by atoms with van der Waals surface area (Å²) in [6.07, 6.45) is 0. The van der Waals surface area contributed by atoms with Crippen LogP contribution in [0.15, 0.2) is 152 Å². The molecular weight excluding hydrogens is 591 g/mol. The van der Waals surface area contributed by atoms with Crippen LogP contribution in [0.2, 0.25) is 0 Å². The topological polar surface area (TPSA) is 38.7 Å². The van der Waals surface area contributed by atoms with Gasteiger partial charge in [0, 0.05) is 36.9 Å². The molecule has 0 aliphatic rings. The molecule has 0 unspecified atom stereocenters. The lowest BCUT2D eigenvalue weighted by molar-refractivity contribution is 1.08. The highest BCUT2D eigenvalue weighted by Crippen LogP contribution is 2.44. The van der Waals surface area contributed by atoms with Gasteiger partial charge in [-0.15, -0.1) is 11.3 Å². The minimum atomic E-state index is 0.661. The van der Waals surface area contributed by atoms with Crippen LogP contribution in [-0.4, -0.2) is 15.0 Å². The molecule has 0 radical (unpaired) electrons. The summed E-state index contributed by atoms with van der Waals surface area (Å²) in [5.41, 5.74) is 2.97. The van der Waals surface area contributed by atoms with Crippen LogP contribution in [0.3, 0.4) is 0 Å². The molecule has 0 fully saturated rings. The summed E-state index contributed by atoms with van der Waals surface area (Å²) in [6, 6.07) is 53.8. The molecule has 8 aromatic carbocycles. The van der Waals surface area contributed by atoms with E-state index in [0.29, 0.717) is 17.5 Å². The van der Waals surface area contributed by atoms with Gasteiger partial charge in [0.2, 0.25) is 0 Å². The van der Waals surface area contributed by atoms with E-state index in [2.05, 4.69) is 133 Å². The van der Waals surface area contributed by atoms with Crippen LogP contribution in [-0.2, 0) is 0 Å². The van der Waals surface area contributed by atoms with Gasteiger partial charge < -0.3 is 0 Å². The van der Waals surface area contributed by atoms with Crippen molar-refractivity contribution in [3.63, 3.8) is 0 Å². The zero-order valence-electron chi connectivity index (χ0n) is 25.2. The van der Waals surface area contributed by atoms with E-state index >= 15 is 0 Å². The lowest BCUT2D eigenvalue weighted by Crippen LogP contribution is -2.01. The van der Waals surface area contributed by atoms with Crippen LogP contribution >= 0.6 is 11.3 Å². The van der Waals surface area contributed by atoms with Crippen molar-refractivity contribution < 1.29 is 0 Å². The maximum Gasteiger partial charge on any atom is 0.165 e. The van der Waals surface area contributed by atoms with E-state index in [0.717, 1.165) is 22.1 Å². The van der Waals surface area contributed by atoms with Gasteiger partial charge in [-0.1, -0.05) is 133 Å². The van der Waals surface area contributed by atoms with E-state index in [4.69, 9.17) is 15.0 Å². The van der Waals surface area contributed by atoms with Crippen molar-refractivity contribution in [2.45, 2.75) is 0 Å². The summed E-state index contributed by atoms with van der Waals surface area (Å²) < 4.78 is 2.48. The van der Waals surface area contributed by atoms with Crippen molar-refractivity contribution in [1.29, 1.82) is 0 Å². The lowest BCUT2D eigenvalue weighted by atomic mass is 9.93. The molecule has 10 aromatic rings. The van der Waals surface area contributed by atoms with Crippen LogP contribution in [0.1, 0.15) is 0 Å². The number of nitrogens with zero attached hydrogens (tertiary/aromatic N) is 3. The van der Waals surface area contributed by atoms with Gasteiger partial charge in [-0.25, -0.2) is 15.0 Å². The summed E-state index contributed by atoms with van der Waals surface area (Å²) in [7, 11) is 0. The van der Waals surface area contributed by atoms with Gasteiger partial charge in [0.25, 0.3) is 0 Å². The predicted molar refractivity (Wildman–Crippen MR) is 199 cm³/mol. The molecule has 10 rings (SSSR count). The molecular formula is C43H25N3S. The summed E-state index contributed by atoms with van der Waals surface area (Å²) in [4.78, 5) is 15.7. The quantitative estimate of drug-likeness (QED) is 0.186. The Hall–Kier alpha value is -5.97. The van der Waals surface area contributed by atoms with Crippen molar-refractivity contribution in [2.24, 2.45) is 0 Å². The number of hydrogen-bond donors (Lipinski definition) is 0. The minimum absolute atomic E-state index is 0.661. The first kappa shape index (κ1) is 26.3. The number of rotatable bonds is 3. The van der Waals surface area contributed by atoms with Crippen LogP contribution < -0.4 is 0 Å². The maximum absolute atomic E-state index is 5.32. The Kier molecular flexibility index (Phi) is 5.74. The largest absolute Gasteiger partial charge is 0.208 e. The molecule has 0 bridgehead atoms. The Labute approximate surface area is 274 Å². The van der Waals surface area contributed by atoms with Crippen LogP contribution in [0, 0.1) is 0 Å². The zero-order valence-corrected chi connectivity index (χ0v) is 26.0. The third kappa shape index (κ3) is 4.09. The van der Waals surface area contributed by atoms with Crippen molar-refractivity contribution in [3.05, 3.63) is 152 Å². The van der Waals surface area contributed by atoms with Crippen molar-refractivity contribution in [2.75, 3.05) is 0 Å². The molecule has 0 saturated heterocycles. The summed E-state index contributed by atoms with van der Waals surface area (Å²) in [6.45, 7) is 0. The fraction of sp³-hybridized carbons (Fsp3) is 0. The first-order valence-corrected chi connectivity index (χ1v) is 16.6. The van der Waals surface area contributed by atoms with Gasteiger partial charge in [0.05, 0.1) is 0 Å². The van der Waals surface area contributed by atoms with Gasteiger partial charge in [-0.05, 0) is 61.3 Å². The molecule has 4 heteroatoms. The molecule has 47 heavy (non-hydrogen) atoms. The fourth-order valence-corrected chi connectivity index (χ4v) is 8.33. The summed E-state index contributed by atoms with van der Waals surface area (Å²) in [5.74, 6) is 2.01. The van der Waals surface area contributed by atoms with Gasteiger partial charge in [-0.3, -0.25) is 0 Å². The van der Waals surface area contributed by atoms with E-state index in [-0.39, 0.29) is 0 Å². The maximum atomic E-state index is 5.32. The van der Waals surface area contributed by atoms with E-state index < -0.39 is 0 Å². The monoisotopic (exact) mass is 615 g/mol. The highest BCUT2D eigenvalue weighted by molar-refractivity contribution is 7.26. The molecule has 2 heterocycles. The Morgan fingerprint density at radius 2 is 0.872 bits per heavy atom. The standard InChI is InChI=1S/C43H25N3S/c1-2-12-26(13-3-1)41-44-42(28-22-23-34-32-18-7-6-16-30(32)31-17-8-9-19-33(31)36(34)24-28)46-43(45-41)40-29-15-5-4-14-27(29)25-38-39(40)35-20-10-11-21-37(35)47-38/h1-25H. The zero-order chi connectivity index (χ0) is 30.9. The Balaban J connectivity index is 1.31. The smallest absolute Gasteiger partial charge is 0.165 e. The predicted octanol–water partition coefficient (Wildman–Crippen LogP) is 11.9. The molecule has 0 N–H and O–H groups in total. The van der Waals surface area contributed by atoms with Crippen molar-refractivity contribution in [1.82, 2.24) is 15.0 Å². The third-order valence-corrected chi connectivity index (χ3v) is 10.4. The van der Waals surface area contributed by atoms with E-state index in [1.54, 1.807) is 0 Å². The number of benzene rings is 8. The minimum Gasteiger partial charge on any atom is -0.208 e. The number of thiophene rings is 1. The van der Waals surface area contributed by atoms with E-state index in [1.165, 1.54) is 57.9 Å². The molecule has 3 nitrogen and oxygen atoms in total. The van der Waals surface area contributed by atoms with Gasteiger partial charge >= 0.3 is 0 Å². The SMILES string of the molecule is c1ccc(-c2nc(-c3ccc4c5ccccc5c5ccccc5c4c3)nc(-c3c4ccccc4cc4sc5ccccc5c34)n2)cc1. The average molecular weight is 616 g/mol. The second kappa shape index (κ2) is 10.3. The third-order valence-electron chi connectivity index (χ3n) is 9.28. The molecule has 0 aliphatic heterocycles. The molecule has 0 spiro atoms. The van der Waals surface area contributed by atoms with Crippen molar-refractivity contribution in [3.8, 4) is 34.2 Å². The second-order valence-electron chi connectivity index (χ2n) is 12.0. The second-order valence-corrected chi connectivity index (χ2v) is 13.1. The molecule has 0 amide bonds. The van der Waals surface area contributed by atoms with Gasteiger partial charge in [0.15, 0.2) is 17.5 Å². The fourth-order valence-electron chi connectivity index (χ4n) is 7.16. The Bertz CT molecular complexity index is 2820. The van der Waals surface area contributed by atoms with Crippen LogP contribution in [0.5, 0.6) is 0 Å². The normalized spacial score (nSPS) is 11.8. The number of aromatic nitrogens is 3.